The molecule has 0 aliphatic carbocycles. The predicted octanol–water partition coefficient (Wildman–Crippen LogP) is 2.46. The summed E-state index contributed by atoms with van der Waals surface area (Å²) in [5, 5.41) is 3.10. The van der Waals surface area contributed by atoms with Gasteiger partial charge in [-0.1, -0.05) is 41.9 Å². The van der Waals surface area contributed by atoms with Crippen molar-refractivity contribution in [2.45, 2.75) is 13.0 Å². The van der Waals surface area contributed by atoms with Gasteiger partial charge in [0.15, 0.2) is 0 Å². The molecule has 0 atom stereocenters. The van der Waals surface area contributed by atoms with Gasteiger partial charge in [-0.05, 0) is 35.7 Å². The summed E-state index contributed by atoms with van der Waals surface area (Å²) < 4.78 is 26.5. The lowest BCUT2D eigenvalue weighted by Gasteiger charge is -2.28. The highest BCUT2D eigenvalue weighted by molar-refractivity contribution is 7.89. The molecule has 0 unspecified atom stereocenters. The minimum atomic E-state index is -3.42. The Bertz CT molecular complexity index is 883. The number of hydrogen-bond acceptors (Lipinski definition) is 3. The number of nitrogens with zero attached hydrogens (tertiary/aromatic N) is 1. The van der Waals surface area contributed by atoms with Crippen molar-refractivity contribution in [3.63, 3.8) is 0 Å². The molecule has 5 nitrogen and oxygen atoms in total. The van der Waals surface area contributed by atoms with Crippen molar-refractivity contribution >= 4 is 27.5 Å². The number of halogens is 1. The molecular formula is C18H19ClN2O3S. The minimum absolute atomic E-state index is 0.0613. The molecule has 0 aromatic heterocycles. The molecule has 0 saturated heterocycles. The fourth-order valence-electron chi connectivity index (χ4n) is 2.86. The molecule has 0 radical (unpaired) electrons. The Balaban J connectivity index is 1.57. The van der Waals surface area contributed by atoms with Crippen LogP contribution in [0, 0.1) is 0 Å². The van der Waals surface area contributed by atoms with Crippen LogP contribution >= 0.6 is 11.6 Å². The van der Waals surface area contributed by atoms with E-state index in [9.17, 15) is 13.2 Å². The minimum Gasteiger partial charge on any atom is -0.351 e. The van der Waals surface area contributed by atoms with E-state index in [2.05, 4.69) is 5.32 Å². The Labute approximate surface area is 152 Å². The molecular weight excluding hydrogens is 360 g/mol. The average Bonchev–Trinajstić information content (AvgIpc) is 2.61. The average molecular weight is 379 g/mol. The Morgan fingerprint density at radius 1 is 1.12 bits per heavy atom. The Morgan fingerprint density at radius 3 is 2.64 bits per heavy atom. The van der Waals surface area contributed by atoms with Crippen LogP contribution in [0.1, 0.15) is 21.5 Å². The first kappa shape index (κ1) is 17.9. The van der Waals surface area contributed by atoms with E-state index in [0.717, 1.165) is 5.56 Å². The zero-order valence-electron chi connectivity index (χ0n) is 13.6. The third kappa shape index (κ3) is 4.39. The zero-order valence-corrected chi connectivity index (χ0v) is 15.2. The lowest BCUT2D eigenvalue weighted by Crippen LogP contribution is -2.40. The molecule has 0 bridgehead atoms. The van der Waals surface area contributed by atoms with E-state index in [4.69, 9.17) is 11.6 Å². The van der Waals surface area contributed by atoms with Gasteiger partial charge in [-0.15, -0.1) is 0 Å². The van der Waals surface area contributed by atoms with Crippen LogP contribution in [0.5, 0.6) is 0 Å². The number of sulfonamides is 1. The first-order valence-electron chi connectivity index (χ1n) is 8.04. The van der Waals surface area contributed by atoms with Gasteiger partial charge in [-0.3, -0.25) is 4.79 Å². The summed E-state index contributed by atoms with van der Waals surface area (Å²) in [6, 6.07) is 14.4. The summed E-state index contributed by atoms with van der Waals surface area (Å²) >= 11 is 5.86. The fraction of sp³-hybridized carbons (Fsp3) is 0.278. The van der Waals surface area contributed by atoms with Gasteiger partial charge in [0, 0.05) is 30.2 Å². The second-order valence-electron chi connectivity index (χ2n) is 5.93. The van der Waals surface area contributed by atoms with Crippen molar-refractivity contribution in [1.29, 1.82) is 0 Å². The number of carbonyl (C=O) groups is 1. The SMILES string of the molecule is O=C(NCCS(=O)(=O)N1CCc2ccccc2C1)c1cccc(Cl)c1. The van der Waals surface area contributed by atoms with Gasteiger partial charge in [0.1, 0.15) is 0 Å². The third-order valence-electron chi connectivity index (χ3n) is 4.22. The van der Waals surface area contributed by atoms with E-state index < -0.39 is 10.0 Å². The number of amides is 1. The molecule has 132 valence electrons. The molecule has 7 heteroatoms. The van der Waals surface area contributed by atoms with Crippen molar-refractivity contribution in [3.05, 3.63) is 70.2 Å². The van der Waals surface area contributed by atoms with Gasteiger partial charge in [0.2, 0.25) is 10.0 Å². The number of hydrogen-bond donors (Lipinski definition) is 1. The van der Waals surface area contributed by atoms with E-state index >= 15 is 0 Å². The molecule has 0 fully saturated rings. The molecule has 1 N–H and O–H groups in total. The highest BCUT2D eigenvalue weighted by atomic mass is 35.5. The zero-order chi connectivity index (χ0) is 17.9. The molecule has 2 aromatic rings. The van der Waals surface area contributed by atoms with E-state index in [1.165, 1.54) is 9.87 Å². The van der Waals surface area contributed by atoms with Crippen LogP contribution in [0.2, 0.25) is 5.02 Å². The van der Waals surface area contributed by atoms with Gasteiger partial charge in [0.25, 0.3) is 5.91 Å². The molecule has 2 aromatic carbocycles. The van der Waals surface area contributed by atoms with E-state index in [1.807, 2.05) is 24.3 Å². The van der Waals surface area contributed by atoms with E-state index in [-0.39, 0.29) is 18.2 Å². The molecule has 1 aliphatic rings. The highest BCUT2D eigenvalue weighted by Crippen LogP contribution is 2.20. The predicted molar refractivity (Wildman–Crippen MR) is 98.1 cm³/mol. The van der Waals surface area contributed by atoms with Crippen molar-refractivity contribution in [3.8, 4) is 0 Å². The van der Waals surface area contributed by atoms with E-state index in [1.54, 1.807) is 24.3 Å². The Morgan fingerprint density at radius 2 is 1.88 bits per heavy atom. The first-order valence-corrected chi connectivity index (χ1v) is 10.0. The van der Waals surface area contributed by atoms with Crippen molar-refractivity contribution in [2.24, 2.45) is 0 Å². The van der Waals surface area contributed by atoms with Gasteiger partial charge in [-0.2, -0.15) is 4.31 Å². The molecule has 3 rings (SSSR count). The molecule has 0 saturated carbocycles. The molecule has 1 aliphatic heterocycles. The second-order valence-corrected chi connectivity index (χ2v) is 8.46. The molecule has 0 spiro atoms. The van der Waals surface area contributed by atoms with Gasteiger partial charge in [-0.25, -0.2) is 8.42 Å². The van der Waals surface area contributed by atoms with Gasteiger partial charge in [0.05, 0.1) is 5.75 Å². The number of benzene rings is 2. The van der Waals surface area contributed by atoms with Crippen LogP contribution in [-0.4, -0.2) is 37.5 Å². The molecule has 25 heavy (non-hydrogen) atoms. The topological polar surface area (TPSA) is 66.5 Å². The maximum absolute atomic E-state index is 12.5. The Hall–Kier alpha value is -1.89. The van der Waals surface area contributed by atoms with Crippen LogP contribution in [0.4, 0.5) is 0 Å². The van der Waals surface area contributed by atoms with Crippen LogP contribution < -0.4 is 5.32 Å². The van der Waals surface area contributed by atoms with E-state index in [0.29, 0.717) is 30.1 Å². The van der Waals surface area contributed by atoms with Crippen LogP contribution in [0.3, 0.4) is 0 Å². The highest BCUT2D eigenvalue weighted by Gasteiger charge is 2.26. The quantitative estimate of drug-likeness (QED) is 0.869. The van der Waals surface area contributed by atoms with Crippen LogP contribution in [0.25, 0.3) is 0 Å². The summed E-state index contributed by atoms with van der Waals surface area (Å²) in [7, 11) is -3.42. The van der Waals surface area contributed by atoms with Crippen molar-refractivity contribution < 1.29 is 13.2 Å². The standard InChI is InChI=1S/C18H19ClN2O3S/c19-17-7-3-6-15(12-17)18(22)20-9-11-25(23,24)21-10-8-14-4-1-2-5-16(14)13-21/h1-7,12H,8-11,13H2,(H,20,22). The summed E-state index contributed by atoms with van der Waals surface area (Å²) in [5.41, 5.74) is 2.65. The van der Waals surface area contributed by atoms with Crippen LogP contribution in [-0.2, 0) is 23.0 Å². The number of carbonyl (C=O) groups excluding carboxylic acids is 1. The summed E-state index contributed by atoms with van der Waals surface area (Å²) in [6.45, 7) is 0.925. The van der Waals surface area contributed by atoms with Crippen molar-refractivity contribution in [2.75, 3.05) is 18.8 Å². The summed E-state index contributed by atoms with van der Waals surface area (Å²) in [4.78, 5) is 12.0. The second kappa shape index (κ2) is 7.56. The largest absolute Gasteiger partial charge is 0.351 e. The fourth-order valence-corrected chi connectivity index (χ4v) is 4.38. The molecule has 1 amide bonds. The normalized spacial score (nSPS) is 14.8. The summed E-state index contributed by atoms with van der Waals surface area (Å²) in [5.74, 6) is -0.455. The summed E-state index contributed by atoms with van der Waals surface area (Å²) in [6.07, 6.45) is 0.713. The smallest absolute Gasteiger partial charge is 0.251 e. The first-order chi connectivity index (χ1) is 12.0. The maximum atomic E-state index is 12.5. The number of nitrogens with one attached hydrogen (secondary N) is 1. The lowest BCUT2D eigenvalue weighted by atomic mass is 10.0. The van der Waals surface area contributed by atoms with Gasteiger partial charge >= 0.3 is 0 Å². The number of rotatable bonds is 5. The van der Waals surface area contributed by atoms with Crippen molar-refractivity contribution in [1.82, 2.24) is 9.62 Å². The molecule has 1 heterocycles. The van der Waals surface area contributed by atoms with Gasteiger partial charge < -0.3 is 5.32 Å². The monoisotopic (exact) mass is 378 g/mol. The third-order valence-corrected chi connectivity index (χ3v) is 6.27. The maximum Gasteiger partial charge on any atom is 0.251 e. The number of fused-ring (bicyclic) bond motifs is 1. The lowest BCUT2D eigenvalue weighted by molar-refractivity contribution is 0.0956. The van der Waals surface area contributed by atoms with Crippen LogP contribution in [0.15, 0.2) is 48.5 Å². The Kier molecular flexibility index (Phi) is 5.42.